The van der Waals surface area contributed by atoms with Gasteiger partial charge in [0.1, 0.15) is 32.7 Å². The molecule has 0 amide bonds. The standard InChI is InChI=1S/C18H21BrFN5OS2.C11H17N5OS2.C7H5Br2F.C7H6BrFO.C7H4BrFO.C7H4BrNO3/c1-9(2)5-12(7-26)22-15-14-16(23-17(21)28-14)25-18(24-15)27-8-10-3-4-11(19)6-13(10)20;1-5(2)3-6(4-17)13-8-7-9(14-10(12)19-7)16-11(18)15-8;8-4-5-1-2-6(9)3-7(5)10;2*8-6-2-1-5(4-10)7(9)3-6;8-6-2-1-5(4-10)7(3-6)9(11)12/h3-4,6,9,12,26H,5,7-8H2,1-2H3,(H3,21,22,23,24,25);5-6,17H,3-4H2,1-2H3,(H4,12,13,14,15,16,18);1-3H,4H2;1-3,10H,4H2;1-4H;1-4H/i20-1;;10-1;2*9-1;. The normalized spacial score (nSPS) is 11.3. The number of nitro benzene ring substituents is 1. The number of thiazole rings is 2. The highest BCUT2D eigenvalue weighted by atomic mass is 79.9. The molecule has 89 heavy (non-hydrogen) atoms. The van der Waals surface area contributed by atoms with Gasteiger partial charge in [-0.25, -0.2) is 42.5 Å². The lowest BCUT2D eigenvalue weighted by Gasteiger charge is -2.19. The van der Waals surface area contributed by atoms with E-state index in [2.05, 4.69) is 164 Å². The zero-order chi connectivity index (χ0) is 66.1. The van der Waals surface area contributed by atoms with E-state index in [0.717, 1.165) is 26.7 Å². The Morgan fingerprint density at radius 1 is 0.640 bits per heavy atom. The number of aliphatic hydroxyl groups is 3. The van der Waals surface area contributed by atoms with E-state index < -0.39 is 10.7 Å². The summed E-state index contributed by atoms with van der Waals surface area (Å²) < 4.78 is 57.4. The number of anilines is 4. The summed E-state index contributed by atoms with van der Waals surface area (Å²) in [5, 5.41) is 46.4. The van der Waals surface area contributed by atoms with Gasteiger partial charge in [-0.15, -0.1) is 0 Å². The third-order valence-electron chi connectivity index (χ3n) is 11.3. The van der Waals surface area contributed by atoms with Gasteiger partial charge in [-0.2, -0.15) is 0 Å². The van der Waals surface area contributed by atoms with Crippen molar-refractivity contribution in [2.45, 2.75) is 75.5 Å². The highest BCUT2D eigenvalue weighted by Crippen LogP contribution is 2.34. The van der Waals surface area contributed by atoms with Crippen LogP contribution in [0.5, 0.6) is 0 Å². The molecule has 0 aliphatic heterocycles. The molecule has 9 rings (SSSR count). The van der Waals surface area contributed by atoms with Crippen molar-refractivity contribution in [1.29, 1.82) is 0 Å². The average molecular weight is 1690 g/mol. The number of nitrogens with zero attached hydrogens (tertiary/aromatic N) is 6. The van der Waals surface area contributed by atoms with E-state index in [1.807, 2.05) is 6.07 Å². The number of thioether (sulfide) groups is 1. The Balaban J connectivity index is 0.000000242. The quantitative estimate of drug-likeness (QED) is 0.00579. The molecule has 0 aliphatic rings. The van der Waals surface area contributed by atoms with Crippen LogP contribution in [0.25, 0.3) is 20.7 Å². The summed E-state index contributed by atoms with van der Waals surface area (Å²) in [6.45, 7) is 8.19. The number of hydrogen-bond acceptors (Lipinski definition) is 20. The number of hydrogen-bond donors (Lipinski definition) is 8. The van der Waals surface area contributed by atoms with E-state index >= 15 is 0 Å². The minimum absolute atomic E-state index is 0.00938. The van der Waals surface area contributed by atoms with Crippen molar-refractivity contribution in [3.8, 4) is 0 Å². The number of nitro groups is 1. The molecule has 0 bridgehead atoms. The second kappa shape index (κ2) is 38.8. The van der Waals surface area contributed by atoms with Crippen molar-refractivity contribution < 1.29 is 47.4 Å². The first-order valence-electron chi connectivity index (χ1n) is 26.0. The van der Waals surface area contributed by atoms with Crippen LogP contribution in [0, 0.1) is 50.0 Å². The second-order valence-corrected chi connectivity index (χ2v) is 27.7. The molecule has 4 heterocycles. The van der Waals surface area contributed by atoms with Crippen LogP contribution in [-0.2, 0) is 17.7 Å². The number of benzene rings is 5. The topological polar surface area (TPSA) is 294 Å². The molecular weight excluding hydrogens is 1630 g/mol. The van der Waals surface area contributed by atoms with Crippen molar-refractivity contribution >= 4 is 203 Å². The van der Waals surface area contributed by atoms with Gasteiger partial charge in [0.25, 0.3) is 5.69 Å². The number of carbonyl (C=O) groups excluding carboxylic acids is 2. The van der Waals surface area contributed by atoms with Crippen LogP contribution in [0.3, 0.4) is 0 Å². The van der Waals surface area contributed by atoms with Crippen molar-refractivity contribution in [3.63, 3.8) is 0 Å². The third kappa shape index (κ3) is 25.9. The molecule has 0 saturated heterocycles. The molecule has 32 heteroatoms. The Kier molecular flexibility index (Phi) is 33.3. The molecule has 18 nitrogen and oxygen atoms in total. The number of rotatable bonds is 18. The largest absolute Gasteiger partial charge is 0.394 e. The minimum Gasteiger partial charge on any atom is -0.394 e. The summed E-state index contributed by atoms with van der Waals surface area (Å²) in [4.78, 5) is 54.8. The molecule has 0 aliphatic carbocycles. The van der Waals surface area contributed by atoms with Crippen LogP contribution in [0.4, 0.5) is 45.1 Å². The first-order valence-corrected chi connectivity index (χ1v) is 34.1. The Morgan fingerprint density at radius 2 is 1.09 bits per heavy atom. The number of nitrogens with one attached hydrogen (secondary N) is 3. The maximum atomic E-state index is 14.1. The number of nitrogens with two attached hydrogens (primary N) is 2. The zero-order valence-corrected chi connectivity index (χ0v) is 60.1. The number of H-pyrrole nitrogens is 1. The SMILES string of the molecule is CC(C)CC(CO)Nc1nc(=S)[nH]c2nc(N)sc12.CC(C)CC(CO)Nc1nc(SCc2ccc(Br)cc2[18F])nc2nc(N)sc12.O=Cc1ccc(Br)cc1[18F].O=Cc1ccc(Br)cc1[N+](=O)[O-].OCc1ccc(Br)cc1[18F].[18F]c1cc(Br)ccc1CBr. The lowest BCUT2D eigenvalue weighted by atomic mass is 10.0. The van der Waals surface area contributed by atoms with Gasteiger partial charge in [0.15, 0.2) is 55.7 Å². The lowest BCUT2D eigenvalue weighted by Crippen LogP contribution is -2.26. The predicted octanol–water partition coefficient (Wildman–Crippen LogP) is 17.0. The van der Waals surface area contributed by atoms with Crippen molar-refractivity contribution in [3.05, 3.63) is 179 Å². The summed E-state index contributed by atoms with van der Waals surface area (Å²) in [6.07, 6.45) is 2.59. The smallest absolute Gasteiger partial charge is 0.281 e. The van der Waals surface area contributed by atoms with Gasteiger partial charge in [-0.3, -0.25) is 19.7 Å². The van der Waals surface area contributed by atoms with Gasteiger partial charge in [-0.1, -0.05) is 176 Å². The monoisotopic (exact) mass is 1680 g/mol. The van der Waals surface area contributed by atoms with Crippen LogP contribution in [-0.4, -0.2) is 88.0 Å². The Bertz CT molecular complexity index is 3830. The molecule has 10 N–H and O–H groups in total. The molecule has 0 spiro atoms. The van der Waals surface area contributed by atoms with Gasteiger partial charge < -0.3 is 42.4 Å². The van der Waals surface area contributed by atoms with Crippen molar-refractivity contribution in [2.75, 3.05) is 35.3 Å². The Hall–Kier alpha value is -4.97. The number of aldehydes is 2. The van der Waals surface area contributed by atoms with E-state index in [1.165, 1.54) is 76.9 Å². The van der Waals surface area contributed by atoms with Gasteiger partial charge in [0.2, 0.25) is 0 Å². The number of alkyl halides is 1. The van der Waals surface area contributed by atoms with Crippen molar-refractivity contribution in [1.82, 2.24) is 29.9 Å². The summed E-state index contributed by atoms with van der Waals surface area (Å²) >= 11 is 27.9. The molecule has 9 aromatic rings. The fourth-order valence-corrected chi connectivity index (χ4v) is 11.9. The zero-order valence-electron chi connectivity index (χ0n) is 47.3. The van der Waals surface area contributed by atoms with E-state index in [1.54, 1.807) is 42.5 Å². The molecule has 0 fully saturated rings. The number of aromatic nitrogens is 6. The molecule has 476 valence electrons. The highest BCUT2D eigenvalue weighted by Gasteiger charge is 2.19. The average Bonchev–Trinajstić information content (AvgIpc) is 2.57. The van der Waals surface area contributed by atoms with Gasteiger partial charge >= 0.3 is 0 Å². The first kappa shape index (κ1) is 76.5. The molecule has 0 radical (unpaired) electrons. The number of fused-ring (bicyclic) bond motifs is 2. The fourth-order valence-electron chi connectivity index (χ4n) is 7.26. The first-order chi connectivity index (χ1) is 42.2. The van der Waals surface area contributed by atoms with E-state index in [0.29, 0.717) is 113 Å². The molecule has 0 saturated carbocycles. The maximum absolute atomic E-state index is 14.1. The highest BCUT2D eigenvalue weighted by molar-refractivity contribution is 9.11. The predicted molar refractivity (Wildman–Crippen MR) is 371 cm³/mol. The van der Waals surface area contributed by atoms with Crippen LogP contribution in [0.15, 0.2) is 119 Å². The third-order valence-corrected chi connectivity index (χ3v) is 17.2. The lowest BCUT2D eigenvalue weighted by molar-refractivity contribution is -0.385. The Morgan fingerprint density at radius 3 is 1.55 bits per heavy atom. The maximum Gasteiger partial charge on any atom is 0.281 e. The molecular formula is C57H57Br6F4N11O7S4. The number of aromatic amines is 1. The van der Waals surface area contributed by atoms with Gasteiger partial charge in [0.05, 0.1) is 48.0 Å². The fraction of sp³-hybridized carbons (Fsp3) is 0.263. The van der Waals surface area contributed by atoms with E-state index in [9.17, 15) is 47.5 Å². The van der Waals surface area contributed by atoms with E-state index in [4.69, 9.17) is 28.8 Å². The molecule has 4 aromatic heterocycles. The summed E-state index contributed by atoms with van der Waals surface area (Å²) in [6, 6.07) is 22.9. The molecule has 2 unspecified atom stereocenters. The number of aliphatic hydroxyl groups excluding tert-OH is 3. The molecule has 5 aromatic carbocycles. The Labute approximate surface area is 576 Å². The van der Waals surface area contributed by atoms with Crippen LogP contribution < -0.4 is 22.1 Å². The molecule has 2 atom stereocenters. The number of nitrogen functional groups attached to an aromatic ring is 2. The number of halogens is 10. The van der Waals surface area contributed by atoms with E-state index in [-0.39, 0.29) is 66.2 Å². The number of carbonyl (C=O) groups is 2. The van der Waals surface area contributed by atoms with Crippen LogP contribution >= 0.6 is 142 Å². The van der Waals surface area contributed by atoms with Gasteiger partial charge in [0, 0.05) is 45.1 Å². The van der Waals surface area contributed by atoms with Crippen LogP contribution in [0.1, 0.15) is 77.9 Å². The van der Waals surface area contributed by atoms with Gasteiger partial charge in [-0.05, 0) is 115 Å². The summed E-state index contributed by atoms with van der Waals surface area (Å²) in [7, 11) is 0. The van der Waals surface area contributed by atoms with Crippen molar-refractivity contribution in [2.24, 2.45) is 11.8 Å². The summed E-state index contributed by atoms with van der Waals surface area (Å²) in [5.41, 5.74) is 14.3. The minimum atomic E-state index is -0.589. The second-order valence-electron chi connectivity index (χ2n) is 19.1. The summed E-state index contributed by atoms with van der Waals surface area (Å²) in [5.74, 6) is 1.18. The van der Waals surface area contributed by atoms with Crippen LogP contribution in [0.2, 0.25) is 0 Å².